The van der Waals surface area contributed by atoms with Gasteiger partial charge in [0.2, 0.25) is 11.8 Å². The Morgan fingerprint density at radius 1 is 1.33 bits per heavy atom. The number of methoxy groups -OCH3 is 1. The molecule has 6 nitrogen and oxygen atoms in total. The average Bonchev–Trinajstić information content (AvgIpc) is 2.81. The first kappa shape index (κ1) is 18.7. The van der Waals surface area contributed by atoms with Crippen LogP contribution in [0, 0.1) is 5.82 Å². The second kappa shape index (κ2) is 8.07. The molecule has 1 atom stereocenters. The molecule has 0 bridgehead atoms. The molecule has 2 amide bonds. The summed E-state index contributed by atoms with van der Waals surface area (Å²) in [5, 5.41) is 2.80. The lowest BCUT2D eigenvalue weighted by Gasteiger charge is -2.23. The number of nitrogens with zero attached hydrogens (tertiary/aromatic N) is 1. The molecule has 0 fully saturated rings. The van der Waals surface area contributed by atoms with Gasteiger partial charge in [-0.2, -0.15) is 0 Å². The van der Waals surface area contributed by atoms with Gasteiger partial charge in [-0.05, 0) is 36.8 Å². The highest BCUT2D eigenvalue weighted by molar-refractivity contribution is 6.00. The van der Waals surface area contributed by atoms with Crippen molar-refractivity contribution in [3.8, 4) is 11.5 Å². The molecule has 2 aromatic carbocycles. The van der Waals surface area contributed by atoms with Crippen molar-refractivity contribution in [3.63, 3.8) is 0 Å². The number of halogens is 1. The van der Waals surface area contributed by atoms with Crippen LogP contribution in [0.4, 0.5) is 10.1 Å². The number of rotatable bonds is 5. The van der Waals surface area contributed by atoms with E-state index < -0.39 is 11.9 Å². The van der Waals surface area contributed by atoms with Gasteiger partial charge in [0, 0.05) is 0 Å². The monoisotopic (exact) mass is 372 g/mol. The molecule has 0 unspecified atom stereocenters. The number of anilines is 1. The summed E-state index contributed by atoms with van der Waals surface area (Å²) in [5.41, 5.74) is 1.17. The maximum absolute atomic E-state index is 13.9. The maximum Gasteiger partial charge on any atom is 0.240 e. The third-order valence-electron chi connectivity index (χ3n) is 4.39. The molecule has 0 saturated heterocycles. The Morgan fingerprint density at radius 3 is 2.85 bits per heavy atom. The van der Waals surface area contributed by atoms with Gasteiger partial charge in [0.1, 0.15) is 12.3 Å². The lowest BCUT2D eigenvalue weighted by atomic mass is 10.1. The van der Waals surface area contributed by atoms with E-state index in [0.717, 1.165) is 0 Å². The molecule has 0 spiro atoms. The maximum atomic E-state index is 13.9. The van der Waals surface area contributed by atoms with Gasteiger partial charge in [0.05, 0.1) is 31.9 Å². The molecule has 0 aromatic heterocycles. The highest BCUT2D eigenvalue weighted by Crippen LogP contribution is 2.30. The van der Waals surface area contributed by atoms with Gasteiger partial charge >= 0.3 is 0 Å². The van der Waals surface area contributed by atoms with E-state index in [1.807, 2.05) is 6.07 Å². The van der Waals surface area contributed by atoms with E-state index in [9.17, 15) is 14.0 Å². The molecule has 0 radical (unpaired) electrons. The topological polar surface area (TPSA) is 67.9 Å². The van der Waals surface area contributed by atoms with Crippen molar-refractivity contribution in [2.24, 2.45) is 0 Å². The number of carbonyl (C=O) groups is 2. The minimum Gasteiger partial charge on any atom is -0.494 e. The van der Waals surface area contributed by atoms with E-state index in [1.165, 1.54) is 24.1 Å². The predicted octanol–water partition coefficient (Wildman–Crippen LogP) is 2.83. The Labute approximate surface area is 156 Å². The number of ether oxygens (including phenoxy) is 2. The van der Waals surface area contributed by atoms with Crippen LogP contribution in [0.15, 0.2) is 42.5 Å². The zero-order chi connectivity index (χ0) is 19.4. The summed E-state index contributed by atoms with van der Waals surface area (Å²) < 4.78 is 24.3. The average molecular weight is 372 g/mol. The minimum atomic E-state index is -0.495. The summed E-state index contributed by atoms with van der Waals surface area (Å²) in [6.07, 6.45) is 0.196. The molecule has 1 aliphatic heterocycles. The molecule has 3 rings (SSSR count). The van der Waals surface area contributed by atoms with E-state index in [4.69, 9.17) is 9.47 Å². The van der Waals surface area contributed by atoms with Crippen LogP contribution < -0.4 is 19.7 Å². The molecular weight excluding hydrogens is 351 g/mol. The summed E-state index contributed by atoms with van der Waals surface area (Å²) in [6, 6.07) is 11.2. The number of amides is 2. The van der Waals surface area contributed by atoms with Gasteiger partial charge in [0.25, 0.3) is 0 Å². The fraction of sp³-hybridized carbons (Fsp3) is 0.300. The number of para-hydroxylation sites is 2. The van der Waals surface area contributed by atoms with Gasteiger partial charge in [-0.3, -0.25) is 14.5 Å². The second-order valence-electron chi connectivity index (χ2n) is 6.23. The first-order valence-electron chi connectivity index (χ1n) is 8.64. The van der Waals surface area contributed by atoms with Crippen LogP contribution in [-0.2, 0) is 9.59 Å². The van der Waals surface area contributed by atoms with Gasteiger partial charge in [0.15, 0.2) is 11.6 Å². The third kappa shape index (κ3) is 4.19. The molecule has 0 aliphatic carbocycles. The minimum absolute atomic E-state index is 0.137. The smallest absolute Gasteiger partial charge is 0.240 e. The van der Waals surface area contributed by atoms with E-state index in [2.05, 4.69) is 5.32 Å². The summed E-state index contributed by atoms with van der Waals surface area (Å²) in [5.74, 6) is -0.308. The molecule has 1 N–H and O–H groups in total. The highest BCUT2D eigenvalue weighted by atomic mass is 19.1. The van der Waals surface area contributed by atoms with Crippen LogP contribution in [-0.4, -0.2) is 32.1 Å². The van der Waals surface area contributed by atoms with Crippen LogP contribution in [0.25, 0.3) is 0 Å². The van der Waals surface area contributed by atoms with E-state index in [-0.39, 0.29) is 37.1 Å². The fourth-order valence-corrected chi connectivity index (χ4v) is 2.96. The standard InChI is InChI=1S/C20H21FN2O4/c1-13(14-7-8-17(26-2)15(21)11-14)22-19(24)12-23-16-5-3-4-6-18(16)27-10-9-20(23)25/h3-8,11,13H,9-10,12H2,1-2H3,(H,22,24)/t13-/m1/s1. The van der Waals surface area contributed by atoms with Gasteiger partial charge in [-0.1, -0.05) is 18.2 Å². The van der Waals surface area contributed by atoms with Crippen molar-refractivity contribution >= 4 is 17.5 Å². The molecule has 1 heterocycles. The van der Waals surface area contributed by atoms with Gasteiger partial charge in [-0.15, -0.1) is 0 Å². The normalized spacial score (nSPS) is 14.6. The van der Waals surface area contributed by atoms with Crippen LogP contribution in [0.2, 0.25) is 0 Å². The summed E-state index contributed by atoms with van der Waals surface area (Å²) in [7, 11) is 1.39. The molecule has 0 saturated carbocycles. The SMILES string of the molecule is COc1ccc([C@@H](C)NC(=O)CN2C(=O)CCOc3ccccc32)cc1F. The van der Waals surface area contributed by atoms with E-state index >= 15 is 0 Å². The number of benzene rings is 2. The summed E-state index contributed by atoms with van der Waals surface area (Å²) in [4.78, 5) is 26.3. The van der Waals surface area contributed by atoms with Crippen molar-refractivity contribution in [2.45, 2.75) is 19.4 Å². The fourth-order valence-electron chi connectivity index (χ4n) is 2.96. The molecule has 142 valence electrons. The Bertz CT molecular complexity index is 856. The number of hydrogen-bond donors (Lipinski definition) is 1. The first-order chi connectivity index (χ1) is 13.0. The zero-order valence-corrected chi connectivity index (χ0v) is 15.2. The molecule has 27 heavy (non-hydrogen) atoms. The van der Waals surface area contributed by atoms with Crippen molar-refractivity contribution < 1.29 is 23.5 Å². The van der Waals surface area contributed by atoms with E-state index in [1.54, 1.807) is 31.2 Å². The first-order valence-corrected chi connectivity index (χ1v) is 8.64. The summed E-state index contributed by atoms with van der Waals surface area (Å²) in [6.45, 7) is 1.89. The molecule has 1 aliphatic rings. The van der Waals surface area contributed by atoms with Crippen LogP contribution in [0.1, 0.15) is 24.9 Å². The number of nitrogens with one attached hydrogen (secondary N) is 1. The van der Waals surface area contributed by atoms with E-state index in [0.29, 0.717) is 17.0 Å². The van der Waals surface area contributed by atoms with Crippen molar-refractivity contribution in [2.75, 3.05) is 25.2 Å². The van der Waals surface area contributed by atoms with Crippen LogP contribution in [0.5, 0.6) is 11.5 Å². The number of carbonyl (C=O) groups excluding carboxylic acids is 2. The highest BCUT2D eigenvalue weighted by Gasteiger charge is 2.25. The Balaban J connectivity index is 1.71. The molecule has 2 aromatic rings. The molecular formula is C20H21FN2O4. The Morgan fingerprint density at radius 2 is 2.11 bits per heavy atom. The Hall–Kier alpha value is -3.09. The largest absolute Gasteiger partial charge is 0.494 e. The lowest BCUT2D eigenvalue weighted by Crippen LogP contribution is -2.41. The predicted molar refractivity (Wildman–Crippen MR) is 98.4 cm³/mol. The van der Waals surface area contributed by atoms with Crippen molar-refractivity contribution in [3.05, 3.63) is 53.8 Å². The van der Waals surface area contributed by atoms with Crippen molar-refractivity contribution in [1.82, 2.24) is 5.32 Å². The Kier molecular flexibility index (Phi) is 5.59. The lowest BCUT2D eigenvalue weighted by molar-refractivity contribution is -0.124. The van der Waals surface area contributed by atoms with Crippen molar-refractivity contribution in [1.29, 1.82) is 0 Å². The van der Waals surface area contributed by atoms with Crippen LogP contribution >= 0.6 is 0 Å². The molecule has 7 heteroatoms. The van der Waals surface area contributed by atoms with Gasteiger partial charge < -0.3 is 14.8 Å². The second-order valence-corrected chi connectivity index (χ2v) is 6.23. The zero-order valence-electron chi connectivity index (χ0n) is 15.2. The van der Waals surface area contributed by atoms with Crippen LogP contribution in [0.3, 0.4) is 0 Å². The van der Waals surface area contributed by atoms with Gasteiger partial charge in [-0.25, -0.2) is 4.39 Å². The quantitative estimate of drug-likeness (QED) is 0.876. The number of hydrogen-bond acceptors (Lipinski definition) is 4. The third-order valence-corrected chi connectivity index (χ3v) is 4.39. The number of fused-ring (bicyclic) bond motifs is 1. The summed E-state index contributed by atoms with van der Waals surface area (Å²) >= 11 is 0.